The van der Waals surface area contributed by atoms with Gasteiger partial charge in [0.1, 0.15) is 0 Å². The van der Waals surface area contributed by atoms with Gasteiger partial charge in [-0.2, -0.15) is 0 Å². The van der Waals surface area contributed by atoms with E-state index in [-0.39, 0.29) is 0 Å². The summed E-state index contributed by atoms with van der Waals surface area (Å²) in [5.74, 6) is -0.865. The van der Waals surface area contributed by atoms with Gasteiger partial charge in [-0.1, -0.05) is 24.6 Å². The van der Waals surface area contributed by atoms with Crippen molar-refractivity contribution in [2.75, 3.05) is 0 Å². The summed E-state index contributed by atoms with van der Waals surface area (Å²) in [6, 6.07) is 11.5. The van der Waals surface area contributed by atoms with Gasteiger partial charge in [0.15, 0.2) is 0 Å². The molecule has 0 spiro atoms. The number of fused-ring (bicyclic) bond motifs is 3. The third-order valence-electron chi connectivity index (χ3n) is 4.92. The number of aromatic nitrogens is 2. The molecule has 0 bridgehead atoms. The molecule has 0 aliphatic heterocycles. The summed E-state index contributed by atoms with van der Waals surface area (Å²) in [6.45, 7) is 0.622. The molecule has 2 heterocycles. The highest BCUT2D eigenvalue weighted by atomic mass is 16.4. The predicted octanol–water partition coefficient (Wildman–Crippen LogP) is 4.05. The van der Waals surface area contributed by atoms with Crippen LogP contribution in [0.5, 0.6) is 0 Å². The SMILES string of the molecule is O=C(O)c1cccc2c3c(n(Cc4ccccn4)c12)CCCCC3. The van der Waals surface area contributed by atoms with Crippen molar-refractivity contribution in [2.45, 2.75) is 38.6 Å². The Labute approximate surface area is 140 Å². The third kappa shape index (κ3) is 2.48. The second-order valence-corrected chi connectivity index (χ2v) is 6.40. The lowest BCUT2D eigenvalue weighted by Crippen LogP contribution is -2.09. The van der Waals surface area contributed by atoms with Gasteiger partial charge in [0, 0.05) is 17.3 Å². The fourth-order valence-corrected chi connectivity index (χ4v) is 3.87. The second kappa shape index (κ2) is 6.11. The lowest BCUT2D eigenvalue weighted by Gasteiger charge is -2.12. The highest BCUT2D eigenvalue weighted by molar-refractivity contribution is 6.04. The number of pyridine rings is 1. The van der Waals surface area contributed by atoms with Crippen LogP contribution in [0, 0.1) is 0 Å². The Morgan fingerprint density at radius 2 is 1.96 bits per heavy atom. The standard InChI is InChI=1S/C20H20N2O2/c23-20(24)17-10-6-9-16-15-8-2-1-3-11-18(15)22(19(16)17)13-14-7-4-5-12-21-14/h4-7,9-10,12H,1-3,8,11,13H2,(H,23,24). The van der Waals surface area contributed by atoms with Crippen LogP contribution in [0.3, 0.4) is 0 Å². The number of aryl methyl sites for hydroxylation is 1. The molecule has 1 aliphatic rings. The molecule has 24 heavy (non-hydrogen) atoms. The summed E-state index contributed by atoms with van der Waals surface area (Å²) in [5, 5.41) is 10.8. The van der Waals surface area contributed by atoms with Gasteiger partial charge in [0.25, 0.3) is 0 Å². The van der Waals surface area contributed by atoms with Crippen LogP contribution in [0.25, 0.3) is 10.9 Å². The van der Waals surface area contributed by atoms with Crippen molar-refractivity contribution in [3.63, 3.8) is 0 Å². The molecule has 1 aromatic carbocycles. The minimum Gasteiger partial charge on any atom is -0.478 e. The first kappa shape index (κ1) is 14.9. The Morgan fingerprint density at radius 1 is 1.08 bits per heavy atom. The average Bonchev–Trinajstić information content (AvgIpc) is 2.76. The summed E-state index contributed by atoms with van der Waals surface area (Å²) in [6.07, 6.45) is 7.40. The summed E-state index contributed by atoms with van der Waals surface area (Å²) < 4.78 is 2.20. The Kier molecular flexibility index (Phi) is 3.81. The van der Waals surface area contributed by atoms with Crippen molar-refractivity contribution >= 4 is 16.9 Å². The molecule has 0 saturated heterocycles. The molecule has 1 N–H and O–H groups in total. The van der Waals surface area contributed by atoms with Crippen molar-refractivity contribution in [3.8, 4) is 0 Å². The van der Waals surface area contributed by atoms with Crippen LogP contribution in [0.2, 0.25) is 0 Å². The molecule has 0 fully saturated rings. The summed E-state index contributed by atoms with van der Waals surface area (Å²) in [7, 11) is 0. The fraction of sp³-hybridized carbons (Fsp3) is 0.300. The molecule has 0 amide bonds. The van der Waals surface area contributed by atoms with E-state index in [0.29, 0.717) is 12.1 Å². The van der Waals surface area contributed by atoms with E-state index in [4.69, 9.17) is 0 Å². The first-order chi connectivity index (χ1) is 11.8. The smallest absolute Gasteiger partial charge is 0.337 e. The predicted molar refractivity (Wildman–Crippen MR) is 93.5 cm³/mol. The normalized spacial score (nSPS) is 14.3. The largest absolute Gasteiger partial charge is 0.478 e. The zero-order chi connectivity index (χ0) is 16.5. The Balaban J connectivity index is 1.98. The maximum Gasteiger partial charge on any atom is 0.337 e. The molecule has 0 radical (unpaired) electrons. The molecule has 4 heteroatoms. The lowest BCUT2D eigenvalue weighted by atomic mass is 10.0. The first-order valence-electron chi connectivity index (χ1n) is 8.52. The van der Waals surface area contributed by atoms with Crippen molar-refractivity contribution < 1.29 is 9.90 Å². The summed E-state index contributed by atoms with van der Waals surface area (Å²) in [4.78, 5) is 16.2. The molecule has 0 atom stereocenters. The molecular formula is C20H20N2O2. The Morgan fingerprint density at radius 3 is 2.75 bits per heavy atom. The topological polar surface area (TPSA) is 55.1 Å². The summed E-state index contributed by atoms with van der Waals surface area (Å²) >= 11 is 0. The van der Waals surface area contributed by atoms with Crippen LogP contribution >= 0.6 is 0 Å². The lowest BCUT2D eigenvalue weighted by molar-refractivity contribution is 0.0698. The van der Waals surface area contributed by atoms with Crippen LogP contribution in [0.1, 0.15) is 46.6 Å². The maximum atomic E-state index is 11.8. The zero-order valence-corrected chi connectivity index (χ0v) is 13.5. The van der Waals surface area contributed by atoms with E-state index >= 15 is 0 Å². The van der Waals surface area contributed by atoms with E-state index < -0.39 is 5.97 Å². The molecule has 122 valence electrons. The number of carboxylic acid groups (broad SMARTS) is 1. The number of para-hydroxylation sites is 1. The van der Waals surface area contributed by atoms with Crippen LogP contribution < -0.4 is 0 Å². The molecule has 3 aromatic rings. The second-order valence-electron chi connectivity index (χ2n) is 6.40. The number of aromatic carboxylic acids is 1. The first-order valence-corrected chi connectivity index (χ1v) is 8.52. The Bertz CT molecular complexity index is 897. The van der Waals surface area contributed by atoms with E-state index in [1.807, 2.05) is 24.3 Å². The molecule has 0 unspecified atom stereocenters. The molecular weight excluding hydrogens is 300 g/mol. The van der Waals surface area contributed by atoms with Gasteiger partial charge < -0.3 is 9.67 Å². The number of hydrogen-bond donors (Lipinski definition) is 1. The van der Waals surface area contributed by atoms with E-state index in [1.165, 1.54) is 24.1 Å². The minimum atomic E-state index is -0.865. The number of carboxylic acids is 1. The van der Waals surface area contributed by atoms with Crippen LogP contribution in [0.15, 0.2) is 42.6 Å². The van der Waals surface area contributed by atoms with Gasteiger partial charge in [-0.05, 0) is 49.4 Å². The van der Waals surface area contributed by atoms with Crippen molar-refractivity contribution in [1.29, 1.82) is 0 Å². The highest BCUT2D eigenvalue weighted by Gasteiger charge is 2.22. The van der Waals surface area contributed by atoms with Gasteiger partial charge in [-0.3, -0.25) is 4.98 Å². The van der Waals surface area contributed by atoms with Crippen LogP contribution in [-0.2, 0) is 19.4 Å². The molecule has 4 nitrogen and oxygen atoms in total. The van der Waals surface area contributed by atoms with E-state index in [1.54, 1.807) is 12.3 Å². The van der Waals surface area contributed by atoms with Gasteiger partial charge in [-0.15, -0.1) is 0 Å². The third-order valence-corrected chi connectivity index (χ3v) is 4.92. The summed E-state index contributed by atoms with van der Waals surface area (Å²) in [5.41, 5.74) is 4.82. The van der Waals surface area contributed by atoms with E-state index in [0.717, 1.165) is 35.9 Å². The van der Waals surface area contributed by atoms with Crippen LogP contribution in [-0.4, -0.2) is 20.6 Å². The van der Waals surface area contributed by atoms with E-state index in [9.17, 15) is 9.90 Å². The number of benzene rings is 1. The van der Waals surface area contributed by atoms with Crippen LogP contribution in [0.4, 0.5) is 0 Å². The van der Waals surface area contributed by atoms with Gasteiger partial charge in [0.2, 0.25) is 0 Å². The van der Waals surface area contributed by atoms with Crippen molar-refractivity contribution in [3.05, 3.63) is 65.1 Å². The maximum absolute atomic E-state index is 11.8. The molecule has 2 aromatic heterocycles. The number of nitrogens with zero attached hydrogens (tertiary/aromatic N) is 2. The highest BCUT2D eigenvalue weighted by Crippen LogP contribution is 2.33. The molecule has 4 rings (SSSR count). The van der Waals surface area contributed by atoms with Gasteiger partial charge >= 0.3 is 5.97 Å². The van der Waals surface area contributed by atoms with Gasteiger partial charge in [0.05, 0.1) is 23.3 Å². The number of carbonyl (C=O) groups is 1. The number of hydrogen-bond acceptors (Lipinski definition) is 2. The Hall–Kier alpha value is -2.62. The molecule has 0 saturated carbocycles. The van der Waals surface area contributed by atoms with Crippen molar-refractivity contribution in [2.24, 2.45) is 0 Å². The minimum absolute atomic E-state index is 0.386. The average molecular weight is 320 g/mol. The monoisotopic (exact) mass is 320 g/mol. The van der Waals surface area contributed by atoms with Gasteiger partial charge in [-0.25, -0.2) is 4.79 Å². The fourth-order valence-electron chi connectivity index (χ4n) is 3.87. The quantitative estimate of drug-likeness (QED) is 0.741. The zero-order valence-electron chi connectivity index (χ0n) is 13.5. The van der Waals surface area contributed by atoms with E-state index in [2.05, 4.69) is 15.6 Å². The van der Waals surface area contributed by atoms with Crippen molar-refractivity contribution in [1.82, 2.24) is 9.55 Å². The molecule has 1 aliphatic carbocycles. The number of rotatable bonds is 3.